The SMILES string of the molecule is COc1ccc(Cn2nc(C(=O)NC3C(C)(C)C4CC[C@@]3(C)C4)cc2-c2ccc(Cl)c(C)c2)cc1. The molecular weight excluding hydrogens is 458 g/mol. The molecule has 6 heteroatoms. The first kappa shape index (κ1) is 23.9. The van der Waals surface area contributed by atoms with E-state index in [1.165, 1.54) is 19.3 Å². The van der Waals surface area contributed by atoms with Gasteiger partial charge in [-0.1, -0.05) is 50.6 Å². The quantitative estimate of drug-likeness (QED) is 0.427. The summed E-state index contributed by atoms with van der Waals surface area (Å²) in [6, 6.07) is 15.9. The standard InChI is InChI=1S/C29H34ClN3O2/c1-18-14-20(8-11-23(18)30)25-15-24(32-33(25)17-19-6-9-22(35-5)10-7-19)26(34)31-27-28(2,3)21-12-13-29(27,4)16-21/h6-11,14-15,21,27H,12-13,16-17H2,1-5H3,(H,31,34)/t21?,27?,29-/m0/s1. The van der Waals surface area contributed by atoms with Crippen molar-refractivity contribution in [3.63, 3.8) is 0 Å². The molecule has 1 amide bonds. The number of amides is 1. The molecule has 5 rings (SSSR count). The Morgan fingerprint density at radius 1 is 1.17 bits per heavy atom. The summed E-state index contributed by atoms with van der Waals surface area (Å²) in [5.74, 6) is 1.38. The van der Waals surface area contributed by atoms with E-state index in [0.717, 1.165) is 33.2 Å². The van der Waals surface area contributed by atoms with Crippen molar-refractivity contribution in [2.24, 2.45) is 16.7 Å². The van der Waals surface area contributed by atoms with Crippen LogP contribution in [0.2, 0.25) is 5.02 Å². The highest BCUT2D eigenvalue weighted by atomic mass is 35.5. The van der Waals surface area contributed by atoms with E-state index in [1.54, 1.807) is 7.11 Å². The van der Waals surface area contributed by atoms with Gasteiger partial charge in [0.25, 0.3) is 5.91 Å². The topological polar surface area (TPSA) is 56.2 Å². The fraction of sp³-hybridized carbons (Fsp3) is 0.448. The number of rotatable bonds is 6. The van der Waals surface area contributed by atoms with Crippen LogP contribution in [0.1, 0.15) is 61.6 Å². The second-order valence-corrected chi connectivity index (χ2v) is 11.6. The van der Waals surface area contributed by atoms with Crippen LogP contribution in [0, 0.1) is 23.7 Å². The number of ether oxygens (including phenoxy) is 1. The van der Waals surface area contributed by atoms with Crippen molar-refractivity contribution in [2.45, 2.75) is 59.5 Å². The Balaban J connectivity index is 1.48. The first-order valence-corrected chi connectivity index (χ1v) is 12.8. The van der Waals surface area contributed by atoms with Crippen LogP contribution in [-0.2, 0) is 6.54 Å². The van der Waals surface area contributed by atoms with E-state index in [0.29, 0.717) is 18.2 Å². The molecule has 2 aromatic carbocycles. The van der Waals surface area contributed by atoms with Crippen molar-refractivity contribution >= 4 is 17.5 Å². The summed E-state index contributed by atoms with van der Waals surface area (Å²) >= 11 is 6.29. The summed E-state index contributed by atoms with van der Waals surface area (Å²) < 4.78 is 7.20. The van der Waals surface area contributed by atoms with Crippen LogP contribution in [0.15, 0.2) is 48.5 Å². The van der Waals surface area contributed by atoms with E-state index in [1.807, 2.05) is 60.1 Å². The number of nitrogens with zero attached hydrogens (tertiary/aromatic N) is 2. The Labute approximate surface area is 212 Å². The second-order valence-electron chi connectivity index (χ2n) is 11.2. The maximum Gasteiger partial charge on any atom is 0.272 e. The number of halogens is 1. The zero-order chi connectivity index (χ0) is 25.0. The molecule has 0 radical (unpaired) electrons. The molecule has 2 bridgehead atoms. The van der Waals surface area contributed by atoms with Gasteiger partial charge in [0.15, 0.2) is 5.69 Å². The average molecular weight is 492 g/mol. The molecule has 0 aliphatic heterocycles. The summed E-state index contributed by atoms with van der Waals surface area (Å²) in [6.45, 7) is 9.47. The number of hydrogen-bond donors (Lipinski definition) is 1. The molecule has 3 aromatic rings. The lowest BCUT2D eigenvalue weighted by Crippen LogP contribution is -2.52. The summed E-state index contributed by atoms with van der Waals surface area (Å²) in [5, 5.41) is 8.91. The molecule has 35 heavy (non-hydrogen) atoms. The van der Waals surface area contributed by atoms with Crippen molar-refractivity contribution in [3.05, 3.63) is 70.4 Å². The Bertz CT molecular complexity index is 1260. The third-order valence-electron chi connectivity index (χ3n) is 8.50. The van der Waals surface area contributed by atoms with Crippen LogP contribution in [0.5, 0.6) is 5.75 Å². The van der Waals surface area contributed by atoms with Crippen molar-refractivity contribution in [1.82, 2.24) is 15.1 Å². The first-order valence-electron chi connectivity index (χ1n) is 12.4. The third-order valence-corrected chi connectivity index (χ3v) is 8.93. The number of methoxy groups -OCH3 is 1. The maximum absolute atomic E-state index is 13.5. The number of aromatic nitrogens is 2. The highest BCUT2D eigenvalue weighted by Gasteiger charge is 2.59. The van der Waals surface area contributed by atoms with Gasteiger partial charge in [-0.2, -0.15) is 5.10 Å². The Morgan fingerprint density at radius 2 is 1.91 bits per heavy atom. The van der Waals surface area contributed by atoms with Crippen molar-refractivity contribution < 1.29 is 9.53 Å². The van der Waals surface area contributed by atoms with E-state index in [-0.39, 0.29) is 22.8 Å². The van der Waals surface area contributed by atoms with Crippen LogP contribution in [-0.4, -0.2) is 28.8 Å². The van der Waals surface area contributed by atoms with Crippen LogP contribution < -0.4 is 10.1 Å². The predicted octanol–water partition coefficient (Wildman–Crippen LogP) is 6.51. The van der Waals surface area contributed by atoms with E-state index >= 15 is 0 Å². The summed E-state index contributed by atoms with van der Waals surface area (Å²) in [6.07, 6.45) is 3.62. The number of nitrogens with one attached hydrogen (secondary N) is 1. The lowest BCUT2D eigenvalue weighted by atomic mass is 9.68. The van der Waals surface area contributed by atoms with Gasteiger partial charge in [-0.05, 0) is 84.4 Å². The van der Waals surface area contributed by atoms with Gasteiger partial charge in [0.2, 0.25) is 0 Å². The smallest absolute Gasteiger partial charge is 0.272 e. The molecule has 2 fully saturated rings. The van der Waals surface area contributed by atoms with Gasteiger partial charge in [-0.15, -0.1) is 0 Å². The molecule has 3 atom stereocenters. The molecule has 2 unspecified atom stereocenters. The molecule has 1 aromatic heterocycles. The maximum atomic E-state index is 13.5. The Hall–Kier alpha value is -2.79. The van der Waals surface area contributed by atoms with Gasteiger partial charge in [0.1, 0.15) is 5.75 Å². The number of carbonyl (C=O) groups is 1. The minimum atomic E-state index is -0.0998. The molecule has 184 valence electrons. The van der Waals surface area contributed by atoms with Gasteiger partial charge >= 0.3 is 0 Å². The minimum absolute atomic E-state index is 0.0877. The van der Waals surface area contributed by atoms with Crippen LogP contribution in [0.3, 0.4) is 0 Å². The molecule has 2 aliphatic rings. The zero-order valence-corrected chi connectivity index (χ0v) is 21.9. The summed E-state index contributed by atoms with van der Waals surface area (Å²) in [5.41, 5.74) is 4.64. The highest BCUT2D eigenvalue weighted by Crippen LogP contribution is 2.62. The third kappa shape index (κ3) is 4.24. The average Bonchev–Trinajstić information content (AvgIpc) is 3.48. The van der Waals surface area contributed by atoms with E-state index in [4.69, 9.17) is 21.4 Å². The molecule has 5 nitrogen and oxygen atoms in total. The Kier molecular flexibility index (Phi) is 5.95. The van der Waals surface area contributed by atoms with Crippen molar-refractivity contribution in [3.8, 4) is 17.0 Å². The first-order chi connectivity index (χ1) is 16.6. The molecule has 2 aliphatic carbocycles. The van der Waals surface area contributed by atoms with Crippen LogP contribution in [0.4, 0.5) is 0 Å². The fourth-order valence-corrected chi connectivity index (χ4v) is 6.57. The number of carbonyl (C=O) groups excluding carboxylic acids is 1. The van der Waals surface area contributed by atoms with Gasteiger partial charge in [-0.3, -0.25) is 9.48 Å². The van der Waals surface area contributed by atoms with Gasteiger partial charge < -0.3 is 10.1 Å². The molecule has 2 saturated carbocycles. The lowest BCUT2D eigenvalue weighted by Gasteiger charge is -2.42. The molecule has 0 spiro atoms. The highest BCUT2D eigenvalue weighted by molar-refractivity contribution is 6.31. The van der Waals surface area contributed by atoms with Gasteiger partial charge in [0, 0.05) is 16.6 Å². The normalized spacial score (nSPS) is 24.5. The number of hydrogen-bond acceptors (Lipinski definition) is 3. The van der Waals surface area contributed by atoms with Crippen LogP contribution >= 0.6 is 11.6 Å². The number of fused-ring (bicyclic) bond motifs is 2. The van der Waals surface area contributed by atoms with E-state index in [9.17, 15) is 4.79 Å². The van der Waals surface area contributed by atoms with Crippen molar-refractivity contribution in [2.75, 3.05) is 7.11 Å². The number of benzene rings is 2. The van der Waals surface area contributed by atoms with E-state index < -0.39 is 0 Å². The second kappa shape index (κ2) is 8.70. The Morgan fingerprint density at radius 3 is 2.54 bits per heavy atom. The number of aryl methyl sites for hydroxylation is 1. The van der Waals surface area contributed by atoms with Gasteiger partial charge in [0.05, 0.1) is 19.3 Å². The predicted molar refractivity (Wildman–Crippen MR) is 140 cm³/mol. The van der Waals surface area contributed by atoms with Crippen LogP contribution in [0.25, 0.3) is 11.3 Å². The van der Waals surface area contributed by atoms with E-state index in [2.05, 4.69) is 26.1 Å². The fourth-order valence-electron chi connectivity index (χ4n) is 6.46. The largest absolute Gasteiger partial charge is 0.497 e. The zero-order valence-electron chi connectivity index (χ0n) is 21.2. The monoisotopic (exact) mass is 491 g/mol. The molecule has 0 saturated heterocycles. The molecule has 1 heterocycles. The molecule has 1 N–H and O–H groups in total. The minimum Gasteiger partial charge on any atom is -0.497 e. The van der Waals surface area contributed by atoms with Crippen molar-refractivity contribution in [1.29, 1.82) is 0 Å². The van der Waals surface area contributed by atoms with Gasteiger partial charge in [-0.25, -0.2) is 0 Å². The molecular formula is C29H34ClN3O2. The summed E-state index contributed by atoms with van der Waals surface area (Å²) in [4.78, 5) is 13.5. The lowest BCUT2D eigenvalue weighted by molar-refractivity contribution is 0.0732. The summed E-state index contributed by atoms with van der Waals surface area (Å²) in [7, 11) is 1.66.